The molecule has 10 nitrogen and oxygen atoms in total. The predicted octanol–water partition coefficient (Wildman–Crippen LogP) is 2.88. The number of amides is 3. The Bertz CT molecular complexity index is 1220. The van der Waals surface area contributed by atoms with Crippen molar-refractivity contribution in [3.05, 3.63) is 65.5 Å². The van der Waals surface area contributed by atoms with Crippen LogP contribution in [0, 0.1) is 0 Å². The zero-order valence-corrected chi connectivity index (χ0v) is 20.4. The van der Waals surface area contributed by atoms with Crippen molar-refractivity contribution < 1.29 is 19.1 Å². The molecule has 10 heteroatoms. The molecule has 0 bridgehead atoms. The van der Waals surface area contributed by atoms with Gasteiger partial charge in [-0.05, 0) is 81.1 Å². The maximum absolute atomic E-state index is 12.8. The summed E-state index contributed by atoms with van der Waals surface area (Å²) in [7, 11) is 0. The van der Waals surface area contributed by atoms with Gasteiger partial charge in [0.2, 0.25) is 5.91 Å². The van der Waals surface area contributed by atoms with Gasteiger partial charge in [0.25, 0.3) is 11.8 Å². The number of ether oxygens (including phenoxy) is 1. The van der Waals surface area contributed by atoms with Crippen LogP contribution in [-0.2, 0) is 11.2 Å². The van der Waals surface area contributed by atoms with E-state index in [1.165, 1.54) is 6.92 Å². The molecular weight excluding hydrogens is 460 g/mol. The van der Waals surface area contributed by atoms with E-state index in [-0.39, 0.29) is 23.8 Å². The molecule has 3 aromatic rings. The van der Waals surface area contributed by atoms with Crippen molar-refractivity contribution in [1.82, 2.24) is 25.6 Å². The number of nitrogens with one attached hydrogen (secondary N) is 3. The van der Waals surface area contributed by atoms with Crippen molar-refractivity contribution in [1.29, 1.82) is 0 Å². The molecule has 1 saturated carbocycles. The van der Waals surface area contributed by atoms with Gasteiger partial charge in [-0.15, -0.1) is 5.10 Å². The maximum atomic E-state index is 12.8. The molecule has 1 aliphatic rings. The van der Waals surface area contributed by atoms with Gasteiger partial charge in [-0.2, -0.15) is 0 Å². The summed E-state index contributed by atoms with van der Waals surface area (Å²) in [4.78, 5) is 36.0. The lowest BCUT2D eigenvalue weighted by Gasteiger charge is -2.11. The van der Waals surface area contributed by atoms with Gasteiger partial charge in [0, 0.05) is 30.8 Å². The molecular formula is C26H30N6O4. The van der Waals surface area contributed by atoms with Crippen LogP contribution in [-0.4, -0.2) is 51.9 Å². The third-order valence-electron chi connectivity index (χ3n) is 5.60. The van der Waals surface area contributed by atoms with Crippen LogP contribution in [0.15, 0.2) is 48.5 Å². The first kappa shape index (κ1) is 24.9. The second-order valence-electron chi connectivity index (χ2n) is 8.61. The van der Waals surface area contributed by atoms with Crippen LogP contribution in [0.3, 0.4) is 0 Å². The highest BCUT2D eigenvalue weighted by Crippen LogP contribution is 2.21. The van der Waals surface area contributed by atoms with Crippen LogP contribution in [0.25, 0.3) is 5.69 Å². The fourth-order valence-electron chi connectivity index (χ4n) is 3.68. The number of anilines is 1. The van der Waals surface area contributed by atoms with Crippen LogP contribution < -0.4 is 20.7 Å². The van der Waals surface area contributed by atoms with Crippen LogP contribution in [0.5, 0.6) is 5.75 Å². The summed E-state index contributed by atoms with van der Waals surface area (Å²) < 4.78 is 7.49. The van der Waals surface area contributed by atoms with Gasteiger partial charge < -0.3 is 20.7 Å². The number of nitrogens with zero attached hydrogens (tertiary/aromatic N) is 3. The van der Waals surface area contributed by atoms with E-state index in [0.29, 0.717) is 60.1 Å². The topological polar surface area (TPSA) is 127 Å². The quantitative estimate of drug-likeness (QED) is 0.355. The summed E-state index contributed by atoms with van der Waals surface area (Å²) in [5.74, 6) is 0.180. The second kappa shape index (κ2) is 11.5. The third kappa shape index (κ3) is 6.47. The minimum absolute atomic E-state index is 0.130. The third-order valence-corrected chi connectivity index (χ3v) is 5.60. The molecule has 2 aromatic carbocycles. The second-order valence-corrected chi connectivity index (χ2v) is 8.61. The lowest BCUT2D eigenvalue weighted by molar-refractivity contribution is -0.114. The Hall–Kier alpha value is -4.21. The van der Waals surface area contributed by atoms with Gasteiger partial charge in [-0.1, -0.05) is 5.21 Å². The molecule has 3 N–H and O–H groups in total. The highest BCUT2D eigenvalue weighted by molar-refractivity contribution is 5.95. The molecule has 0 unspecified atom stereocenters. The van der Waals surface area contributed by atoms with Crippen molar-refractivity contribution in [2.75, 3.05) is 18.5 Å². The van der Waals surface area contributed by atoms with Crippen molar-refractivity contribution in [2.45, 2.75) is 45.6 Å². The lowest BCUT2D eigenvalue weighted by Crippen LogP contribution is -2.27. The predicted molar refractivity (Wildman–Crippen MR) is 134 cm³/mol. The number of aromatic nitrogens is 3. The largest absolute Gasteiger partial charge is 0.494 e. The lowest BCUT2D eigenvalue weighted by atomic mass is 10.1. The first-order valence-corrected chi connectivity index (χ1v) is 12.1. The average molecular weight is 491 g/mol. The molecule has 1 heterocycles. The summed E-state index contributed by atoms with van der Waals surface area (Å²) >= 11 is 0. The number of carbonyl (C=O) groups excluding carboxylic acids is 3. The molecule has 0 radical (unpaired) electrons. The molecule has 1 aromatic heterocycles. The normalized spacial score (nSPS) is 12.6. The van der Waals surface area contributed by atoms with Crippen molar-refractivity contribution in [2.24, 2.45) is 0 Å². The van der Waals surface area contributed by atoms with Crippen LogP contribution in [0.1, 0.15) is 59.7 Å². The Morgan fingerprint density at radius 1 is 1.03 bits per heavy atom. The fraction of sp³-hybridized carbons (Fsp3) is 0.346. The maximum Gasteiger partial charge on any atom is 0.273 e. The molecule has 0 atom stereocenters. The molecule has 4 rings (SSSR count). The van der Waals surface area contributed by atoms with E-state index in [4.69, 9.17) is 4.74 Å². The van der Waals surface area contributed by atoms with Crippen molar-refractivity contribution in [3.8, 4) is 11.4 Å². The van der Waals surface area contributed by atoms with Gasteiger partial charge >= 0.3 is 0 Å². The zero-order chi connectivity index (χ0) is 25.5. The number of hydrogen-bond acceptors (Lipinski definition) is 6. The Labute approximate surface area is 209 Å². The fourth-order valence-corrected chi connectivity index (χ4v) is 3.68. The Morgan fingerprint density at radius 2 is 1.75 bits per heavy atom. The molecule has 3 amide bonds. The zero-order valence-electron chi connectivity index (χ0n) is 20.4. The van der Waals surface area contributed by atoms with E-state index in [0.717, 1.165) is 12.8 Å². The number of rotatable bonds is 11. The summed E-state index contributed by atoms with van der Waals surface area (Å²) in [5.41, 5.74) is 2.95. The first-order chi connectivity index (χ1) is 17.4. The van der Waals surface area contributed by atoms with Crippen molar-refractivity contribution in [3.63, 3.8) is 0 Å². The van der Waals surface area contributed by atoms with Gasteiger partial charge in [0.1, 0.15) is 5.75 Å². The summed E-state index contributed by atoms with van der Waals surface area (Å²) in [6.07, 6.45) is 3.10. The monoisotopic (exact) mass is 490 g/mol. The molecule has 1 fully saturated rings. The molecule has 188 valence electrons. The minimum Gasteiger partial charge on any atom is -0.494 e. The SMILES string of the molecule is CCNC(=O)c1ccc(-n2nnc(C(=O)NC3CC3)c2CCCOc2ccc(NC(C)=O)cc2)cc1. The molecule has 0 aliphatic heterocycles. The van der Waals surface area contributed by atoms with Gasteiger partial charge in [-0.3, -0.25) is 14.4 Å². The van der Waals surface area contributed by atoms with E-state index in [2.05, 4.69) is 26.3 Å². The Kier molecular flexibility index (Phi) is 7.94. The van der Waals surface area contributed by atoms with Gasteiger partial charge in [0.15, 0.2) is 5.69 Å². The van der Waals surface area contributed by atoms with Crippen LogP contribution >= 0.6 is 0 Å². The van der Waals surface area contributed by atoms with E-state index >= 15 is 0 Å². The summed E-state index contributed by atoms with van der Waals surface area (Å²) in [5, 5.41) is 16.9. The van der Waals surface area contributed by atoms with Gasteiger partial charge in [0.05, 0.1) is 18.0 Å². The average Bonchev–Trinajstić information content (AvgIpc) is 3.58. The Balaban J connectivity index is 1.45. The van der Waals surface area contributed by atoms with E-state index in [1.54, 1.807) is 53.2 Å². The molecule has 0 saturated heterocycles. The number of carbonyl (C=O) groups is 3. The van der Waals surface area contributed by atoms with E-state index < -0.39 is 0 Å². The van der Waals surface area contributed by atoms with Gasteiger partial charge in [-0.25, -0.2) is 4.68 Å². The smallest absolute Gasteiger partial charge is 0.273 e. The van der Waals surface area contributed by atoms with E-state index in [1.807, 2.05) is 6.92 Å². The molecule has 0 spiro atoms. The number of benzene rings is 2. The van der Waals surface area contributed by atoms with Crippen LogP contribution in [0.2, 0.25) is 0 Å². The van der Waals surface area contributed by atoms with Crippen LogP contribution in [0.4, 0.5) is 5.69 Å². The summed E-state index contributed by atoms with van der Waals surface area (Å²) in [6.45, 7) is 4.30. The standard InChI is InChI=1S/C26H30N6O4/c1-3-27-25(34)18-6-12-21(13-7-18)32-23(24(30-31-32)26(35)29-20-8-9-20)5-4-16-36-22-14-10-19(11-15-22)28-17(2)33/h6-7,10-15,20H,3-5,8-9,16H2,1-2H3,(H,27,34)(H,28,33)(H,29,35). The highest BCUT2D eigenvalue weighted by Gasteiger charge is 2.27. The van der Waals surface area contributed by atoms with E-state index in [9.17, 15) is 14.4 Å². The number of hydrogen-bond donors (Lipinski definition) is 3. The minimum atomic E-state index is -0.229. The first-order valence-electron chi connectivity index (χ1n) is 12.1. The molecule has 36 heavy (non-hydrogen) atoms. The molecule has 1 aliphatic carbocycles. The summed E-state index contributed by atoms with van der Waals surface area (Å²) in [6, 6.07) is 14.4. The van der Waals surface area contributed by atoms with Crippen molar-refractivity contribution >= 4 is 23.4 Å². The Morgan fingerprint density at radius 3 is 2.39 bits per heavy atom. The highest BCUT2D eigenvalue weighted by atomic mass is 16.5.